The molecular formula is C13H14F3NO3S. The van der Waals surface area contributed by atoms with Crippen molar-refractivity contribution in [3.05, 3.63) is 35.4 Å². The summed E-state index contributed by atoms with van der Waals surface area (Å²) in [7, 11) is -3.10. The van der Waals surface area contributed by atoms with E-state index in [1.165, 1.54) is 12.1 Å². The van der Waals surface area contributed by atoms with E-state index < -0.39 is 33.5 Å². The van der Waals surface area contributed by atoms with Crippen LogP contribution in [0.1, 0.15) is 17.5 Å². The molecule has 21 heavy (non-hydrogen) atoms. The molecule has 8 heteroatoms. The fraction of sp³-hybridized carbons (Fsp3) is 0.462. The van der Waals surface area contributed by atoms with Crippen LogP contribution >= 0.6 is 0 Å². The molecule has 0 saturated carbocycles. The summed E-state index contributed by atoms with van der Waals surface area (Å²) in [6.45, 7) is 0. The van der Waals surface area contributed by atoms with Crippen LogP contribution in [0.2, 0.25) is 0 Å². The number of hydrogen-bond donors (Lipinski definition) is 1. The summed E-state index contributed by atoms with van der Waals surface area (Å²) in [6.07, 6.45) is -4.32. The summed E-state index contributed by atoms with van der Waals surface area (Å²) >= 11 is 0. The largest absolute Gasteiger partial charge is 0.416 e. The molecule has 0 aliphatic carbocycles. The number of amides is 1. The van der Waals surface area contributed by atoms with Crippen molar-refractivity contribution in [2.75, 3.05) is 11.5 Å². The minimum Gasteiger partial charge on any atom is -0.352 e. The van der Waals surface area contributed by atoms with E-state index in [-0.39, 0.29) is 23.5 Å². The molecule has 1 N–H and O–H groups in total. The number of sulfone groups is 1. The van der Waals surface area contributed by atoms with Crippen LogP contribution in [-0.2, 0) is 27.2 Å². The highest BCUT2D eigenvalue weighted by atomic mass is 32.2. The second-order valence-electron chi connectivity index (χ2n) is 5.04. The van der Waals surface area contributed by atoms with E-state index in [1.807, 2.05) is 0 Å². The first-order chi connectivity index (χ1) is 9.66. The van der Waals surface area contributed by atoms with Crippen LogP contribution in [0.4, 0.5) is 13.2 Å². The Bertz CT molecular complexity index is 640. The lowest BCUT2D eigenvalue weighted by Crippen LogP contribution is -2.36. The van der Waals surface area contributed by atoms with Crippen LogP contribution in [0.5, 0.6) is 0 Å². The zero-order valence-electron chi connectivity index (χ0n) is 11.0. The van der Waals surface area contributed by atoms with Crippen LogP contribution in [0.25, 0.3) is 0 Å². The SMILES string of the molecule is O=C(Cc1cccc(C(F)(F)F)c1)N[C@@H]1CCS(=O)(=O)C1. The van der Waals surface area contributed by atoms with Gasteiger partial charge in [0.15, 0.2) is 9.84 Å². The molecule has 4 nitrogen and oxygen atoms in total. The average Bonchev–Trinajstić information content (AvgIpc) is 2.67. The number of alkyl halides is 3. The standard InChI is InChI=1S/C13H14F3NO3S/c14-13(15,16)10-3-1-2-9(6-10)7-12(18)17-11-4-5-21(19,20)8-11/h1-3,6,11H,4-5,7-8H2,(H,17,18)/t11-/m1/s1. The maximum absolute atomic E-state index is 12.6. The van der Waals surface area contributed by atoms with E-state index in [4.69, 9.17) is 0 Å². The lowest BCUT2D eigenvalue weighted by atomic mass is 10.1. The Balaban J connectivity index is 1.97. The summed E-state index contributed by atoms with van der Waals surface area (Å²) in [6, 6.07) is 4.08. The smallest absolute Gasteiger partial charge is 0.352 e. The Morgan fingerprint density at radius 3 is 2.62 bits per heavy atom. The van der Waals surface area contributed by atoms with Gasteiger partial charge in [0.2, 0.25) is 5.91 Å². The minimum absolute atomic E-state index is 0.0293. The monoisotopic (exact) mass is 321 g/mol. The van der Waals surface area contributed by atoms with Crippen LogP contribution in [0.3, 0.4) is 0 Å². The van der Waals surface area contributed by atoms with Gasteiger partial charge in [0, 0.05) is 6.04 Å². The molecule has 1 aromatic carbocycles. The summed E-state index contributed by atoms with van der Waals surface area (Å²) in [5.41, 5.74) is -0.570. The Kier molecular flexibility index (Phi) is 4.27. The Labute approximate surface area is 120 Å². The molecule has 1 heterocycles. The van der Waals surface area contributed by atoms with Gasteiger partial charge >= 0.3 is 6.18 Å². The molecule has 1 aromatic rings. The third kappa shape index (κ3) is 4.45. The number of halogens is 3. The van der Waals surface area contributed by atoms with Crippen molar-refractivity contribution < 1.29 is 26.4 Å². The summed E-state index contributed by atoms with van der Waals surface area (Å²) in [5, 5.41) is 2.54. The van der Waals surface area contributed by atoms with Gasteiger partial charge < -0.3 is 5.32 Å². The topological polar surface area (TPSA) is 63.2 Å². The van der Waals surface area contributed by atoms with E-state index in [0.29, 0.717) is 6.42 Å². The second-order valence-corrected chi connectivity index (χ2v) is 7.27. The molecule has 1 saturated heterocycles. The molecule has 1 atom stereocenters. The van der Waals surface area contributed by atoms with E-state index in [1.54, 1.807) is 0 Å². The van der Waals surface area contributed by atoms with Crippen LogP contribution in [-0.4, -0.2) is 31.9 Å². The molecule has 0 unspecified atom stereocenters. The second kappa shape index (κ2) is 5.67. The van der Waals surface area contributed by atoms with Crippen LogP contribution < -0.4 is 5.32 Å². The average molecular weight is 321 g/mol. The van der Waals surface area contributed by atoms with Gasteiger partial charge in [0.05, 0.1) is 23.5 Å². The zero-order chi connectivity index (χ0) is 15.7. The molecule has 116 valence electrons. The van der Waals surface area contributed by atoms with Crippen molar-refractivity contribution in [1.29, 1.82) is 0 Å². The Hall–Kier alpha value is -1.57. The summed E-state index contributed by atoms with van der Waals surface area (Å²) in [5.74, 6) is -0.556. The van der Waals surface area contributed by atoms with Crippen molar-refractivity contribution in [2.45, 2.75) is 25.1 Å². The maximum atomic E-state index is 12.6. The van der Waals surface area contributed by atoms with Gasteiger partial charge in [-0.05, 0) is 18.1 Å². The van der Waals surface area contributed by atoms with Crippen LogP contribution in [0, 0.1) is 0 Å². The molecule has 1 aliphatic heterocycles. The fourth-order valence-corrected chi connectivity index (χ4v) is 3.90. The van der Waals surface area contributed by atoms with Gasteiger partial charge in [-0.1, -0.05) is 18.2 Å². The molecule has 2 rings (SSSR count). The molecular weight excluding hydrogens is 307 g/mol. The van der Waals surface area contributed by atoms with E-state index in [2.05, 4.69) is 5.32 Å². The van der Waals surface area contributed by atoms with Gasteiger partial charge in [0.25, 0.3) is 0 Å². The molecule has 0 radical (unpaired) electrons. The van der Waals surface area contributed by atoms with Crippen molar-refractivity contribution in [2.24, 2.45) is 0 Å². The van der Waals surface area contributed by atoms with E-state index in [0.717, 1.165) is 12.1 Å². The first-order valence-corrected chi connectivity index (χ1v) is 8.14. The molecule has 1 fully saturated rings. The fourth-order valence-electron chi connectivity index (χ4n) is 2.23. The highest BCUT2D eigenvalue weighted by molar-refractivity contribution is 7.91. The van der Waals surface area contributed by atoms with E-state index in [9.17, 15) is 26.4 Å². The maximum Gasteiger partial charge on any atom is 0.416 e. The number of carbonyl (C=O) groups excluding carboxylic acids is 1. The van der Waals surface area contributed by atoms with Gasteiger partial charge in [-0.3, -0.25) is 4.79 Å². The van der Waals surface area contributed by atoms with Gasteiger partial charge in [-0.2, -0.15) is 13.2 Å². The molecule has 1 aliphatic rings. The third-order valence-corrected chi connectivity index (χ3v) is 4.98. The number of nitrogens with one attached hydrogen (secondary N) is 1. The van der Waals surface area contributed by atoms with Crippen molar-refractivity contribution >= 4 is 15.7 Å². The molecule has 1 amide bonds. The van der Waals surface area contributed by atoms with Gasteiger partial charge in [-0.15, -0.1) is 0 Å². The Morgan fingerprint density at radius 1 is 1.33 bits per heavy atom. The molecule has 0 aromatic heterocycles. The molecule has 0 bridgehead atoms. The quantitative estimate of drug-likeness (QED) is 0.919. The zero-order valence-corrected chi connectivity index (χ0v) is 11.8. The van der Waals surface area contributed by atoms with Crippen molar-refractivity contribution in [3.8, 4) is 0 Å². The lowest BCUT2D eigenvalue weighted by molar-refractivity contribution is -0.137. The first kappa shape index (κ1) is 15.8. The van der Waals surface area contributed by atoms with Gasteiger partial charge in [-0.25, -0.2) is 8.42 Å². The highest BCUT2D eigenvalue weighted by Gasteiger charge is 2.31. The van der Waals surface area contributed by atoms with Gasteiger partial charge in [0.1, 0.15) is 0 Å². The summed E-state index contributed by atoms with van der Waals surface area (Å²) < 4.78 is 60.2. The molecule has 0 spiro atoms. The predicted molar refractivity (Wildman–Crippen MR) is 70.3 cm³/mol. The number of carbonyl (C=O) groups is 1. The first-order valence-electron chi connectivity index (χ1n) is 6.32. The number of benzene rings is 1. The van der Waals surface area contributed by atoms with E-state index >= 15 is 0 Å². The third-order valence-electron chi connectivity index (χ3n) is 3.22. The highest BCUT2D eigenvalue weighted by Crippen LogP contribution is 2.29. The van der Waals surface area contributed by atoms with Crippen molar-refractivity contribution in [1.82, 2.24) is 5.32 Å². The summed E-state index contributed by atoms with van der Waals surface area (Å²) in [4.78, 5) is 11.8. The number of hydrogen-bond acceptors (Lipinski definition) is 3. The van der Waals surface area contributed by atoms with Crippen LogP contribution in [0.15, 0.2) is 24.3 Å². The normalized spacial score (nSPS) is 21.2. The van der Waals surface area contributed by atoms with Crippen molar-refractivity contribution in [3.63, 3.8) is 0 Å². The lowest BCUT2D eigenvalue weighted by Gasteiger charge is -2.12. The predicted octanol–water partition coefficient (Wildman–Crippen LogP) is 1.55. The number of rotatable bonds is 3. The Morgan fingerprint density at radius 2 is 2.05 bits per heavy atom. The minimum atomic E-state index is -4.45.